The summed E-state index contributed by atoms with van der Waals surface area (Å²) >= 11 is 1.76. The highest BCUT2D eigenvalue weighted by atomic mass is 32.2. The molecule has 18 heavy (non-hydrogen) atoms. The number of thioether (sulfide) groups is 1. The van der Waals surface area contributed by atoms with E-state index in [0.29, 0.717) is 11.7 Å². The molecule has 0 aromatic carbocycles. The van der Waals surface area contributed by atoms with E-state index in [2.05, 4.69) is 50.0 Å². The second kappa shape index (κ2) is 6.38. The van der Waals surface area contributed by atoms with Gasteiger partial charge in [0.25, 0.3) is 0 Å². The minimum absolute atomic E-state index is 0.0692. The van der Waals surface area contributed by atoms with E-state index >= 15 is 0 Å². The summed E-state index contributed by atoms with van der Waals surface area (Å²) in [6.45, 7) is 10.8. The molecule has 0 saturated heterocycles. The summed E-state index contributed by atoms with van der Waals surface area (Å²) in [5.41, 5.74) is 2.55. The van der Waals surface area contributed by atoms with Crippen LogP contribution in [-0.4, -0.2) is 15.7 Å². The molecule has 0 bridgehead atoms. The molecule has 102 valence electrons. The Kier molecular flexibility index (Phi) is 5.41. The van der Waals surface area contributed by atoms with E-state index in [1.54, 1.807) is 11.8 Å². The molecule has 0 saturated carbocycles. The quantitative estimate of drug-likeness (QED) is 0.371. The average molecular weight is 268 g/mol. The lowest BCUT2D eigenvalue weighted by molar-refractivity contribution is 0.539. The maximum absolute atomic E-state index is 5.46. The normalized spacial score (nSPS) is 11.9. The van der Waals surface area contributed by atoms with E-state index in [0.717, 1.165) is 16.6 Å². The van der Waals surface area contributed by atoms with E-state index in [4.69, 9.17) is 5.84 Å². The predicted molar refractivity (Wildman–Crippen MR) is 78.7 cm³/mol. The summed E-state index contributed by atoms with van der Waals surface area (Å²) in [6, 6.07) is 1.90. The number of hydrogen-bond acceptors (Lipinski definition) is 5. The number of nitrogens with zero attached hydrogens (tertiary/aromatic N) is 2. The average Bonchev–Trinajstić information content (AvgIpc) is 2.27. The third kappa shape index (κ3) is 4.82. The molecule has 1 aromatic heterocycles. The zero-order chi connectivity index (χ0) is 13.8. The molecule has 4 nitrogen and oxygen atoms in total. The van der Waals surface area contributed by atoms with Crippen molar-refractivity contribution in [3.63, 3.8) is 0 Å². The molecule has 0 spiro atoms. The fraction of sp³-hybridized carbons (Fsp3) is 0.692. The topological polar surface area (TPSA) is 63.8 Å². The Labute approximate surface area is 114 Å². The molecule has 0 radical (unpaired) electrons. The smallest absolute Gasteiger partial charge is 0.144 e. The van der Waals surface area contributed by atoms with Gasteiger partial charge in [0.2, 0.25) is 0 Å². The van der Waals surface area contributed by atoms with Gasteiger partial charge in [0.15, 0.2) is 0 Å². The van der Waals surface area contributed by atoms with Crippen molar-refractivity contribution < 1.29 is 0 Å². The molecule has 0 aliphatic carbocycles. The van der Waals surface area contributed by atoms with Crippen LogP contribution in [0.25, 0.3) is 0 Å². The van der Waals surface area contributed by atoms with Crippen molar-refractivity contribution in [1.82, 2.24) is 9.97 Å². The van der Waals surface area contributed by atoms with Crippen LogP contribution in [0.3, 0.4) is 0 Å². The third-order valence-corrected chi connectivity index (χ3v) is 3.41. The van der Waals surface area contributed by atoms with E-state index in [1.807, 2.05) is 6.07 Å². The van der Waals surface area contributed by atoms with Gasteiger partial charge in [-0.1, -0.05) is 34.6 Å². The molecule has 0 fully saturated rings. The number of nitrogens with two attached hydrogens (primary N) is 1. The number of nitrogen functional groups attached to an aromatic ring is 1. The van der Waals surface area contributed by atoms with Crippen LogP contribution in [0.5, 0.6) is 0 Å². The Morgan fingerprint density at radius 3 is 2.50 bits per heavy atom. The first-order valence-corrected chi connectivity index (χ1v) is 7.30. The van der Waals surface area contributed by atoms with Crippen LogP contribution >= 0.6 is 11.8 Å². The molecule has 0 amide bonds. The van der Waals surface area contributed by atoms with Gasteiger partial charge < -0.3 is 5.43 Å². The minimum Gasteiger partial charge on any atom is -0.308 e. The van der Waals surface area contributed by atoms with E-state index in [-0.39, 0.29) is 5.41 Å². The van der Waals surface area contributed by atoms with Crippen molar-refractivity contribution in [3.05, 3.63) is 11.9 Å². The van der Waals surface area contributed by atoms with Crippen LogP contribution in [0.15, 0.2) is 11.1 Å². The zero-order valence-electron chi connectivity index (χ0n) is 11.9. The van der Waals surface area contributed by atoms with Crippen molar-refractivity contribution in [2.45, 2.75) is 51.5 Å². The monoisotopic (exact) mass is 268 g/mol. The molecule has 1 aromatic rings. The highest BCUT2D eigenvalue weighted by molar-refractivity contribution is 7.99. The van der Waals surface area contributed by atoms with Gasteiger partial charge in [-0.2, -0.15) is 0 Å². The van der Waals surface area contributed by atoms with Crippen LogP contribution in [0.2, 0.25) is 0 Å². The highest BCUT2D eigenvalue weighted by Crippen LogP contribution is 2.25. The Morgan fingerprint density at radius 1 is 1.33 bits per heavy atom. The van der Waals surface area contributed by atoms with Crippen molar-refractivity contribution in [2.24, 2.45) is 11.8 Å². The number of rotatable bonds is 5. The summed E-state index contributed by atoms with van der Waals surface area (Å²) in [6.07, 6.45) is 1.19. The lowest BCUT2D eigenvalue weighted by Gasteiger charge is -2.18. The maximum Gasteiger partial charge on any atom is 0.144 e. The molecule has 0 aliphatic heterocycles. The standard InChI is InChI=1S/C13H24N4S/c1-9(2)6-7-18-11-8-10(17-14)15-12(16-11)13(3,4)5/h8-9H,6-7,14H2,1-5H3,(H,15,16,17). The Balaban J connectivity index is 2.84. The van der Waals surface area contributed by atoms with Gasteiger partial charge in [-0.3, -0.25) is 0 Å². The SMILES string of the molecule is CC(C)CCSc1cc(NN)nc(C(C)(C)C)n1. The largest absolute Gasteiger partial charge is 0.308 e. The van der Waals surface area contributed by atoms with Gasteiger partial charge >= 0.3 is 0 Å². The summed E-state index contributed by atoms with van der Waals surface area (Å²) in [5, 5.41) is 0.989. The first kappa shape index (κ1) is 15.2. The van der Waals surface area contributed by atoms with Crippen LogP contribution in [0.1, 0.15) is 46.9 Å². The number of anilines is 1. The van der Waals surface area contributed by atoms with Crippen LogP contribution in [0, 0.1) is 5.92 Å². The Bertz CT molecular complexity index is 385. The Hall–Kier alpha value is -0.810. The predicted octanol–water partition coefficient (Wildman–Crippen LogP) is 3.20. The zero-order valence-corrected chi connectivity index (χ0v) is 12.8. The number of hydrazine groups is 1. The highest BCUT2D eigenvalue weighted by Gasteiger charge is 2.19. The third-order valence-electron chi connectivity index (χ3n) is 2.47. The minimum atomic E-state index is -0.0692. The van der Waals surface area contributed by atoms with E-state index < -0.39 is 0 Å². The summed E-state index contributed by atoms with van der Waals surface area (Å²) < 4.78 is 0. The lowest BCUT2D eigenvalue weighted by Crippen LogP contribution is -2.19. The summed E-state index contributed by atoms with van der Waals surface area (Å²) in [7, 11) is 0. The second-order valence-corrected chi connectivity index (χ2v) is 6.96. The van der Waals surface area contributed by atoms with Gasteiger partial charge in [-0.05, 0) is 18.1 Å². The van der Waals surface area contributed by atoms with Gasteiger partial charge in [0, 0.05) is 11.5 Å². The Morgan fingerprint density at radius 2 is 2.00 bits per heavy atom. The van der Waals surface area contributed by atoms with Crippen molar-refractivity contribution in [1.29, 1.82) is 0 Å². The van der Waals surface area contributed by atoms with Crippen molar-refractivity contribution in [2.75, 3.05) is 11.2 Å². The van der Waals surface area contributed by atoms with Gasteiger partial charge in [-0.25, -0.2) is 15.8 Å². The van der Waals surface area contributed by atoms with Crippen molar-refractivity contribution >= 4 is 17.6 Å². The first-order chi connectivity index (χ1) is 8.32. The molecule has 0 atom stereocenters. The van der Waals surface area contributed by atoms with Crippen LogP contribution in [-0.2, 0) is 5.41 Å². The molecule has 0 unspecified atom stereocenters. The van der Waals surface area contributed by atoms with Crippen molar-refractivity contribution in [3.8, 4) is 0 Å². The molecule has 1 heterocycles. The van der Waals surface area contributed by atoms with Gasteiger partial charge in [-0.15, -0.1) is 11.8 Å². The molecular formula is C13H24N4S. The molecule has 5 heteroatoms. The van der Waals surface area contributed by atoms with E-state index in [9.17, 15) is 0 Å². The van der Waals surface area contributed by atoms with Crippen LogP contribution < -0.4 is 11.3 Å². The first-order valence-electron chi connectivity index (χ1n) is 6.32. The number of hydrogen-bond donors (Lipinski definition) is 2. The number of nitrogens with one attached hydrogen (secondary N) is 1. The molecular weight excluding hydrogens is 244 g/mol. The lowest BCUT2D eigenvalue weighted by atomic mass is 9.96. The fourth-order valence-corrected chi connectivity index (χ4v) is 2.45. The molecule has 3 N–H and O–H groups in total. The fourth-order valence-electron chi connectivity index (χ4n) is 1.31. The summed E-state index contributed by atoms with van der Waals surface area (Å²) in [5.74, 6) is 8.75. The molecule has 1 rings (SSSR count). The summed E-state index contributed by atoms with van der Waals surface area (Å²) in [4.78, 5) is 9.01. The van der Waals surface area contributed by atoms with Gasteiger partial charge in [0.05, 0.1) is 0 Å². The second-order valence-electron chi connectivity index (χ2n) is 5.84. The maximum atomic E-state index is 5.46. The van der Waals surface area contributed by atoms with Gasteiger partial charge in [0.1, 0.15) is 16.7 Å². The van der Waals surface area contributed by atoms with Crippen LogP contribution in [0.4, 0.5) is 5.82 Å². The number of aromatic nitrogens is 2. The van der Waals surface area contributed by atoms with E-state index in [1.165, 1.54) is 6.42 Å². The molecule has 0 aliphatic rings.